The second kappa shape index (κ2) is 9.38. The van der Waals surface area contributed by atoms with E-state index in [1.54, 1.807) is 0 Å². The molecule has 5 rings (SSSR count). The highest BCUT2D eigenvalue weighted by Gasteiger charge is 2.63. The van der Waals surface area contributed by atoms with Crippen molar-refractivity contribution in [1.29, 1.82) is 0 Å². The molecule has 38 heavy (non-hydrogen) atoms. The second-order valence-electron chi connectivity index (χ2n) is 9.37. The van der Waals surface area contributed by atoms with E-state index < -0.39 is 45.6 Å². The van der Waals surface area contributed by atoms with Crippen LogP contribution in [0.2, 0.25) is 0 Å². The molecule has 1 saturated carbocycles. The number of alkyl halides is 3. The molecule has 200 valence electrons. The van der Waals surface area contributed by atoms with Gasteiger partial charge < -0.3 is 5.32 Å². The van der Waals surface area contributed by atoms with Crippen LogP contribution in [-0.2, 0) is 27.5 Å². The minimum Gasteiger partial charge on any atom is -0.351 e. The number of halogens is 5. The molecule has 1 N–H and O–H groups in total. The summed E-state index contributed by atoms with van der Waals surface area (Å²) in [5.41, 5.74) is 0.591. The van der Waals surface area contributed by atoms with E-state index in [1.165, 1.54) is 12.1 Å². The van der Waals surface area contributed by atoms with E-state index >= 15 is 0 Å². The maximum absolute atomic E-state index is 14.5. The zero-order valence-corrected chi connectivity index (χ0v) is 20.6. The van der Waals surface area contributed by atoms with Crippen LogP contribution in [0.4, 0.5) is 22.0 Å². The van der Waals surface area contributed by atoms with Crippen LogP contribution in [0.5, 0.6) is 0 Å². The molecule has 13 heteroatoms. The Bertz CT molecular complexity index is 1480. The zero-order chi connectivity index (χ0) is 27.4. The van der Waals surface area contributed by atoms with Crippen molar-refractivity contribution in [1.82, 2.24) is 19.6 Å². The first-order valence-corrected chi connectivity index (χ1v) is 13.1. The van der Waals surface area contributed by atoms with E-state index in [2.05, 4.69) is 15.3 Å². The topological polar surface area (TPSA) is 92.3 Å². The third-order valence-corrected chi connectivity index (χ3v) is 8.96. The van der Waals surface area contributed by atoms with Crippen LogP contribution in [0.25, 0.3) is 11.1 Å². The van der Waals surface area contributed by atoms with Gasteiger partial charge in [-0.25, -0.2) is 27.2 Å². The molecule has 1 amide bonds. The van der Waals surface area contributed by atoms with Crippen LogP contribution >= 0.6 is 0 Å². The Kier molecular flexibility index (Phi) is 6.46. The quantitative estimate of drug-likeness (QED) is 0.464. The molecule has 7 nitrogen and oxygen atoms in total. The van der Waals surface area contributed by atoms with E-state index in [9.17, 15) is 35.2 Å². The summed E-state index contributed by atoms with van der Waals surface area (Å²) in [5, 5.41) is 2.58. The number of fused-ring (bicyclic) bond motifs is 1. The summed E-state index contributed by atoms with van der Waals surface area (Å²) in [5.74, 6) is -3.11. The van der Waals surface area contributed by atoms with Crippen LogP contribution in [-0.4, -0.2) is 40.7 Å². The number of nitrogens with zero attached hydrogens (tertiary/aromatic N) is 3. The van der Waals surface area contributed by atoms with E-state index in [4.69, 9.17) is 0 Å². The van der Waals surface area contributed by atoms with Crippen molar-refractivity contribution in [2.45, 2.75) is 43.0 Å². The maximum atomic E-state index is 14.5. The van der Waals surface area contributed by atoms with Gasteiger partial charge in [0.2, 0.25) is 21.8 Å². The van der Waals surface area contributed by atoms with Crippen molar-refractivity contribution < 1.29 is 35.2 Å². The molecule has 2 fully saturated rings. The van der Waals surface area contributed by atoms with E-state index in [0.717, 1.165) is 47.0 Å². The van der Waals surface area contributed by atoms with Crippen molar-refractivity contribution in [3.05, 3.63) is 77.9 Å². The van der Waals surface area contributed by atoms with Gasteiger partial charge in [0.25, 0.3) is 0 Å². The Labute approximate surface area is 214 Å². The number of nitrogens with one attached hydrogen (secondary N) is 1. The SMILES string of the molecule is C[C@H]1[C@H]2C[C@@H](C(=O)NCc3cc(-c4cnc(C(F)(F)F)nc4)ccc3F)N(S(=O)(=O)c3ccc(F)cc3)[C@@H]12. The molecule has 2 aromatic carbocycles. The van der Waals surface area contributed by atoms with Gasteiger partial charge in [-0.2, -0.15) is 17.5 Å². The lowest BCUT2D eigenvalue weighted by Gasteiger charge is -2.27. The highest BCUT2D eigenvalue weighted by molar-refractivity contribution is 7.89. The van der Waals surface area contributed by atoms with Gasteiger partial charge in [0.05, 0.1) is 4.90 Å². The Balaban J connectivity index is 1.33. The molecular weight excluding hydrogens is 531 g/mol. The van der Waals surface area contributed by atoms with E-state index in [0.29, 0.717) is 12.0 Å². The highest BCUT2D eigenvalue weighted by atomic mass is 32.2. The molecule has 4 atom stereocenters. The number of amides is 1. The van der Waals surface area contributed by atoms with Crippen LogP contribution in [0.3, 0.4) is 0 Å². The molecule has 3 aromatic rings. The molecule has 1 aliphatic heterocycles. The summed E-state index contributed by atoms with van der Waals surface area (Å²) in [6, 6.07) is 6.76. The molecule has 1 aromatic heterocycles. The Morgan fingerprint density at radius 3 is 2.34 bits per heavy atom. The molecule has 2 heterocycles. The van der Waals surface area contributed by atoms with Crippen molar-refractivity contribution >= 4 is 15.9 Å². The fourth-order valence-corrected chi connectivity index (χ4v) is 6.87. The largest absolute Gasteiger partial charge is 0.451 e. The molecule has 0 radical (unpaired) electrons. The lowest BCUT2D eigenvalue weighted by atomic mass is 10.0. The first kappa shape index (κ1) is 26.2. The van der Waals surface area contributed by atoms with E-state index in [-0.39, 0.29) is 40.4 Å². The average Bonchev–Trinajstić information content (AvgIpc) is 3.30. The standard InChI is InChI=1S/C25H21F5N4O3S/c1-13-19-9-21(34(22(13)19)38(36,37)18-5-3-17(26)4-6-18)23(35)31-10-15-8-14(2-7-20(15)27)16-11-32-24(33-12-16)25(28,29)30/h2-8,11-13,19,21-22H,9-10H2,1H3,(H,31,35)/t13-,19+,21-,22-/m0/s1. The van der Waals surface area contributed by atoms with Gasteiger partial charge in [0, 0.05) is 36.1 Å². The minimum absolute atomic E-state index is 0.000655. The summed E-state index contributed by atoms with van der Waals surface area (Å²) in [7, 11) is -4.10. The number of sulfonamides is 1. The summed E-state index contributed by atoms with van der Waals surface area (Å²) in [6.07, 6.45) is -2.47. The number of benzene rings is 2. The number of hydrogen-bond acceptors (Lipinski definition) is 5. The van der Waals surface area contributed by atoms with Gasteiger partial charge >= 0.3 is 6.18 Å². The van der Waals surface area contributed by atoms with Crippen molar-refractivity contribution in [2.75, 3.05) is 0 Å². The monoisotopic (exact) mass is 552 g/mol. The van der Waals surface area contributed by atoms with Gasteiger partial charge in [-0.3, -0.25) is 4.79 Å². The number of hydrogen-bond donors (Lipinski definition) is 1. The maximum Gasteiger partial charge on any atom is 0.451 e. The third kappa shape index (κ3) is 4.75. The first-order valence-electron chi connectivity index (χ1n) is 11.6. The predicted molar refractivity (Wildman–Crippen MR) is 125 cm³/mol. The average molecular weight is 553 g/mol. The number of piperidine rings is 1. The summed E-state index contributed by atoms with van der Waals surface area (Å²) < 4.78 is 93.9. The Hall–Kier alpha value is -3.45. The fraction of sp³-hybridized carbons (Fsp3) is 0.320. The number of rotatable bonds is 6. The Morgan fingerprint density at radius 2 is 1.71 bits per heavy atom. The van der Waals surface area contributed by atoms with Gasteiger partial charge in [-0.1, -0.05) is 13.0 Å². The van der Waals surface area contributed by atoms with Gasteiger partial charge in [-0.15, -0.1) is 0 Å². The number of aromatic nitrogens is 2. The fourth-order valence-electron chi connectivity index (χ4n) is 4.96. The van der Waals surface area contributed by atoms with Crippen LogP contribution < -0.4 is 5.32 Å². The summed E-state index contributed by atoms with van der Waals surface area (Å²) >= 11 is 0. The van der Waals surface area contributed by atoms with E-state index in [1.807, 2.05) is 6.92 Å². The predicted octanol–water partition coefficient (Wildman–Crippen LogP) is 4.15. The minimum atomic E-state index is -4.70. The smallest absolute Gasteiger partial charge is 0.351 e. The first-order chi connectivity index (χ1) is 17.9. The number of carbonyl (C=O) groups is 1. The van der Waals surface area contributed by atoms with Crippen LogP contribution in [0, 0.1) is 23.5 Å². The van der Waals surface area contributed by atoms with Gasteiger partial charge in [-0.05, 0) is 60.2 Å². The normalized spacial score (nSPS) is 23.2. The van der Waals surface area contributed by atoms with Crippen molar-refractivity contribution in [3.63, 3.8) is 0 Å². The van der Waals surface area contributed by atoms with Crippen LogP contribution in [0.15, 0.2) is 59.8 Å². The number of carbonyl (C=O) groups excluding carboxylic acids is 1. The molecule has 2 aliphatic rings. The summed E-state index contributed by atoms with van der Waals surface area (Å²) in [6.45, 7) is 1.61. The van der Waals surface area contributed by atoms with Gasteiger partial charge in [0.15, 0.2) is 0 Å². The molecular formula is C25H21F5N4O3S. The highest BCUT2D eigenvalue weighted by Crippen LogP contribution is 2.55. The van der Waals surface area contributed by atoms with Gasteiger partial charge in [0.1, 0.15) is 17.7 Å². The molecule has 1 saturated heterocycles. The lowest BCUT2D eigenvalue weighted by molar-refractivity contribution is -0.145. The third-order valence-electron chi connectivity index (χ3n) is 7.04. The molecule has 0 unspecified atom stereocenters. The molecule has 0 spiro atoms. The van der Waals surface area contributed by atoms with Crippen molar-refractivity contribution in [2.24, 2.45) is 11.8 Å². The van der Waals surface area contributed by atoms with Crippen molar-refractivity contribution in [3.8, 4) is 11.1 Å². The summed E-state index contributed by atoms with van der Waals surface area (Å²) in [4.78, 5) is 19.6. The molecule has 1 aliphatic carbocycles. The zero-order valence-electron chi connectivity index (χ0n) is 19.8. The Morgan fingerprint density at radius 1 is 1.05 bits per heavy atom. The van der Waals surface area contributed by atoms with Crippen LogP contribution in [0.1, 0.15) is 24.7 Å². The lowest BCUT2D eigenvalue weighted by Crippen LogP contribution is -2.48. The molecule has 0 bridgehead atoms. The second-order valence-corrected chi connectivity index (χ2v) is 11.2.